The average Bonchev–Trinajstić information content (AvgIpc) is 3.30. The van der Waals surface area contributed by atoms with Crippen molar-refractivity contribution >= 4 is 17.9 Å². The lowest BCUT2D eigenvalue weighted by Crippen LogP contribution is -2.30. The van der Waals surface area contributed by atoms with E-state index in [-0.39, 0.29) is 31.1 Å². The van der Waals surface area contributed by atoms with E-state index in [0.717, 1.165) is 70.6 Å². The first kappa shape index (κ1) is 62.9. The van der Waals surface area contributed by atoms with Crippen LogP contribution in [0.4, 0.5) is 0 Å². The monoisotopic (exact) mass is 915 g/mol. The van der Waals surface area contributed by atoms with Crippen molar-refractivity contribution in [1.82, 2.24) is 0 Å². The molecule has 0 aromatic carbocycles. The Labute approximate surface area is 404 Å². The fraction of sp³-hybridized carbons (Fsp3) is 0.881. The number of carbonyl (C=O) groups is 3. The zero-order chi connectivity index (χ0) is 47.2. The van der Waals surface area contributed by atoms with Gasteiger partial charge < -0.3 is 14.2 Å². The molecule has 0 rings (SSSR count). The van der Waals surface area contributed by atoms with Gasteiger partial charge in [-0.1, -0.05) is 251 Å². The summed E-state index contributed by atoms with van der Waals surface area (Å²) in [5.41, 5.74) is 0. The van der Waals surface area contributed by atoms with Gasteiger partial charge in [0.05, 0.1) is 0 Å². The van der Waals surface area contributed by atoms with Crippen molar-refractivity contribution in [3.8, 4) is 0 Å². The third-order valence-electron chi connectivity index (χ3n) is 12.9. The molecule has 0 aromatic heterocycles. The van der Waals surface area contributed by atoms with E-state index >= 15 is 0 Å². The first-order chi connectivity index (χ1) is 32.0. The molecule has 0 saturated heterocycles. The summed E-state index contributed by atoms with van der Waals surface area (Å²) in [7, 11) is 0. The zero-order valence-electron chi connectivity index (χ0n) is 43.8. The molecule has 0 heterocycles. The Hall–Kier alpha value is -2.11. The third-order valence-corrected chi connectivity index (χ3v) is 12.9. The van der Waals surface area contributed by atoms with Gasteiger partial charge in [-0.3, -0.25) is 14.4 Å². The lowest BCUT2D eigenvalue weighted by Gasteiger charge is -2.18. The van der Waals surface area contributed by atoms with Crippen molar-refractivity contribution < 1.29 is 28.6 Å². The van der Waals surface area contributed by atoms with E-state index in [4.69, 9.17) is 14.2 Å². The van der Waals surface area contributed by atoms with Crippen LogP contribution in [0.5, 0.6) is 0 Å². The highest BCUT2D eigenvalue weighted by molar-refractivity contribution is 5.71. The van der Waals surface area contributed by atoms with E-state index in [9.17, 15) is 14.4 Å². The summed E-state index contributed by atoms with van der Waals surface area (Å²) in [4.78, 5) is 38.1. The summed E-state index contributed by atoms with van der Waals surface area (Å²) in [6.07, 6.45) is 63.1. The van der Waals surface area contributed by atoms with Crippen molar-refractivity contribution in [2.75, 3.05) is 13.2 Å². The van der Waals surface area contributed by atoms with Gasteiger partial charge in [-0.05, 0) is 70.6 Å². The summed E-state index contributed by atoms with van der Waals surface area (Å²) in [5, 5.41) is 0. The Bertz CT molecular complexity index is 1050. The molecule has 65 heavy (non-hydrogen) atoms. The molecule has 0 fully saturated rings. The molecule has 6 heteroatoms. The second-order valence-corrected chi connectivity index (χ2v) is 19.6. The minimum Gasteiger partial charge on any atom is -0.462 e. The topological polar surface area (TPSA) is 78.9 Å². The highest BCUT2D eigenvalue weighted by atomic mass is 16.6. The van der Waals surface area contributed by atoms with Crippen LogP contribution in [0.2, 0.25) is 0 Å². The van der Waals surface area contributed by atoms with Crippen molar-refractivity contribution in [1.29, 1.82) is 0 Å². The molecule has 0 aliphatic rings. The maximum absolute atomic E-state index is 12.8. The Morgan fingerprint density at radius 1 is 0.292 bits per heavy atom. The zero-order valence-corrected chi connectivity index (χ0v) is 43.8. The maximum atomic E-state index is 12.8. The second kappa shape index (κ2) is 54.5. The molecule has 6 nitrogen and oxygen atoms in total. The second-order valence-electron chi connectivity index (χ2n) is 19.6. The molecule has 0 aromatic rings. The molecule has 0 radical (unpaired) electrons. The lowest BCUT2D eigenvalue weighted by molar-refractivity contribution is -0.167. The van der Waals surface area contributed by atoms with Gasteiger partial charge in [0.1, 0.15) is 13.2 Å². The van der Waals surface area contributed by atoms with Crippen LogP contribution in [0, 0.1) is 0 Å². The Morgan fingerprint density at radius 2 is 0.508 bits per heavy atom. The molecule has 0 saturated carbocycles. The molecule has 1 unspecified atom stereocenters. The Morgan fingerprint density at radius 3 is 0.769 bits per heavy atom. The molecule has 0 amide bonds. The number of hydrogen-bond donors (Lipinski definition) is 0. The van der Waals surface area contributed by atoms with Gasteiger partial charge in [-0.15, -0.1) is 0 Å². The molecule has 0 spiro atoms. The van der Waals surface area contributed by atoms with E-state index in [1.807, 2.05) is 0 Å². The van der Waals surface area contributed by atoms with Gasteiger partial charge in [-0.25, -0.2) is 0 Å². The highest BCUT2D eigenvalue weighted by Crippen LogP contribution is 2.16. The molecule has 0 aliphatic heterocycles. The number of ether oxygens (including phenoxy) is 3. The standard InChI is InChI=1S/C59H110O6/c1-4-7-10-13-16-19-22-24-26-28-30-32-34-37-40-43-46-49-52-58(61)64-55-56(54-63-57(60)51-48-45-42-39-36-21-18-15-12-9-6-3)65-59(62)53-50-47-44-41-38-35-33-31-29-27-25-23-20-17-14-11-8-5-2/h30-33,56H,4-29,34-55H2,1-3H3/b32-30-,33-31-. The third kappa shape index (κ3) is 52.7. The number of carbonyl (C=O) groups excluding carboxylic acids is 3. The maximum Gasteiger partial charge on any atom is 0.306 e. The number of allylic oxidation sites excluding steroid dienone is 4. The van der Waals surface area contributed by atoms with Crippen LogP contribution in [0.1, 0.15) is 316 Å². The van der Waals surface area contributed by atoms with E-state index in [0.29, 0.717) is 19.3 Å². The normalized spacial score (nSPS) is 12.1. The lowest BCUT2D eigenvalue weighted by atomic mass is 10.1. The van der Waals surface area contributed by atoms with Crippen molar-refractivity contribution in [3.63, 3.8) is 0 Å². The Kier molecular flexibility index (Phi) is 52.7. The molecule has 0 N–H and O–H groups in total. The van der Waals surface area contributed by atoms with Crippen LogP contribution in [-0.2, 0) is 28.6 Å². The van der Waals surface area contributed by atoms with Gasteiger partial charge in [0.2, 0.25) is 0 Å². The van der Waals surface area contributed by atoms with Gasteiger partial charge in [-0.2, -0.15) is 0 Å². The highest BCUT2D eigenvalue weighted by Gasteiger charge is 2.19. The van der Waals surface area contributed by atoms with Crippen LogP contribution in [0.25, 0.3) is 0 Å². The number of esters is 3. The SMILES string of the molecule is CCCCCCCCCCC/C=C\CCCCCCCC(=O)OCC(COC(=O)CCCCCCCCCCCCC)OC(=O)CCCCCCC/C=C\CCCCCCCCCCC. The fourth-order valence-electron chi connectivity index (χ4n) is 8.55. The number of rotatable bonds is 53. The summed E-state index contributed by atoms with van der Waals surface area (Å²) >= 11 is 0. The van der Waals surface area contributed by atoms with Crippen molar-refractivity contribution in [2.45, 2.75) is 322 Å². The summed E-state index contributed by atoms with van der Waals surface area (Å²) in [6, 6.07) is 0. The number of unbranched alkanes of at least 4 members (excludes halogenated alkanes) is 38. The molecule has 382 valence electrons. The van der Waals surface area contributed by atoms with Crippen LogP contribution in [0.3, 0.4) is 0 Å². The van der Waals surface area contributed by atoms with Gasteiger partial charge in [0.25, 0.3) is 0 Å². The van der Waals surface area contributed by atoms with E-state index in [1.54, 1.807) is 0 Å². The summed E-state index contributed by atoms with van der Waals surface area (Å²) in [5.74, 6) is -0.873. The van der Waals surface area contributed by atoms with E-state index < -0.39 is 6.10 Å². The van der Waals surface area contributed by atoms with Crippen LogP contribution < -0.4 is 0 Å². The predicted molar refractivity (Wildman–Crippen MR) is 279 cm³/mol. The molecule has 0 aliphatic carbocycles. The van der Waals surface area contributed by atoms with Crippen LogP contribution in [-0.4, -0.2) is 37.2 Å². The quantitative estimate of drug-likeness (QED) is 0.0262. The molecule has 0 bridgehead atoms. The summed E-state index contributed by atoms with van der Waals surface area (Å²) < 4.78 is 16.8. The first-order valence-corrected chi connectivity index (χ1v) is 28.8. The van der Waals surface area contributed by atoms with Gasteiger partial charge in [0.15, 0.2) is 6.10 Å². The Balaban J connectivity index is 4.32. The minimum absolute atomic E-state index is 0.0732. The average molecular weight is 916 g/mol. The minimum atomic E-state index is -0.775. The fourth-order valence-corrected chi connectivity index (χ4v) is 8.55. The molecule has 1 atom stereocenters. The smallest absolute Gasteiger partial charge is 0.306 e. The van der Waals surface area contributed by atoms with E-state index in [2.05, 4.69) is 45.1 Å². The van der Waals surface area contributed by atoms with Crippen molar-refractivity contribution in [3.05, 3.63) is 24.3 Å². The molecular formula is C59H110O6. The van der Waals surface area contributed by atoms with Crippen LogP contribution >= 0.6 is 0 Å². The van der Waals surface area contributed by atoms with Gasteiger partial charge >= 0.3 is 17.9 Å². The largest absolute Gasteiger partial charge is 0.462 e. The first-order valence-electron chi connectivity index (χ1n) is 28.8. The summed E-state index contributed by atoms with van der Waals surface area (Å²) in [6.45, 7) is 6.66. The number of hydrogen-bond acceptors (Lipinski definition) is 6. The van der Waals surface area contributed by atoms with Crippen molar-refractivity contribution in [2.24, 2.45) is 0 Å². The van der Waals surface area contributed by atoms with Crippen LogP contribution in [0.15, 0.2) is 24.3 Å². The van der Waals surface area contributed by atoms with Gasteiger partial charge in [0, 0.05) is 19.3 Å². The molecular weight excluding hydrogens is 805 g/mol. The van der Waals surface area contributed by atoms with E-state index in [1.165, 1.54) is 205 Å². The predicted octanol–water partition coefficient (Wildman–Crippen LogP) is 19.1.